The van der Waals surface area contributed by atoms with E-state index in [-0.39, 0.29) is 0 Å². The smallest absolute Gasteiger partial charge is 0.0891 e. The lowest BCUT2D eigenvalue weighted by Crippen LogP contribution is -2.26. The maximum absolute atomic E-state index is 6.06. The molecule has 0 radical (unpaired) electrons. The summed E-state index contributed by atoms with van der Waals surface area (Å²) >= 11 is 0. The molecule has 0 aromatic carbocycles. The molecule has 0 spiro atoms. The highest BCUT2D eigenvalue weighted by Gasteiger charge is 2.27. The van der Waals surface area contributed by atoms with Crippen molar-refractivity contribution in [1.82, 2.24) is 10.3 Å². The Balaban J connectivity index is 1.76. The minimum atomic E-state index is 0.418. The van der Waals surface area contributed by atoms with Crippen molar-refractivity contribution in [2.75, 3.05) is 6.54 Å². The Morgan fingerprint density at radius 3 is 2.67 bits per heavy atom. The molecule has 0 amide bonds. The number of aromatic nitrogens is 1. The van der Waals surface area contributed by atoms with Gasteiger partial charge in [-0.05, 0) is 56.2 Å². The highest BCUT2D eigenvalue weighted by Crippen LogP contribution is 2.36. The molecule has 1 aliphatic carbocycles. The lowest BCUT2D eigenvalue weighted by molar-refractivity contribution is -0.00693. The molecule has 0 unspecified atom stereocenters. The van der Waals surface area contributed by atoms with E-state index in [9.17, 15) is 0 Å². The van der Waals surface area contributed by atoms with Crippen LogP contribution in [0.1, 0.15) is 64.3 Å². The monoisotopic (exact) mass is 290 g/mol. The predicted octanol–water partition coefficient (Wildman–Crippen LogP) is 4.07. The third-order valence-electron chi connectivity index (χ3n) is 4.35. The Labute approximate surface area is 129 Å². The first-order chi connectivity index (χ1) is 10.1. The molecular formula is C18H30N2O. The molecule has 0 aliphatic heterocycles. The van der Waals surface area contributed by atoms with Crippen LogP contribution in [0.15, 0.2) is 18.2 Å². The molecule has 1 saturated carbocycles. The van der Waals surface area contributed by atoms with Crippen molar-refractivity contribution in [2.24, 2.45) is 5.41 Å². The van der Waals surface area contributed by atoms with Crippen LogP contribution in [0.4, 0.5) is 0 Å². The summed E-state index contributed by atoms with van der Waals surface area (Å²) in [6.45, 7) is 9.43. The van der Waals surface area contributed by atoms with Gasteiger partial charge < -0.3 is 10.1 Å². The quantitative estimate of drug-likeness (QED) is 0.769. The summed E-state index contributed by atoms with van der Waals surface area (Å²) in [5, 5.41) is 3.39. The summed E-state index contributed by atoms with van der Waals surface area (Å²) in [6, 6.07) is 6.23. The molecule has 1 N–H and O–H groups in total. The van der Waals surface area contributed by atoms with Crippen molar-refractivity contribution in [2.45, 2.75) is 72.1 Å². The summed E-state index contributed by atoms with van der Waals surface area (Å²) in [5.41, 5.74) is 2.66. The average Bonchev–Trinajstić information content (AvgIpc) is 2.47. The van der Waals surface area contributed by atoms with Crippen molar-refractivity contribution in [3.05, 3.63) is 29.6 Å². The van der Waals surface area contributed by atoms with Gasteiger partial charge in [0.1, 0.15) is 0 Å². The van der Waals surface area contributed by atoms with Crippen molar-refractivity contribution in [1.29, 1.82) is 0 Å². The lowest BCUT2D eigenvalue weighted by atomic mass is 9.76. The fourth-order valence-corrected chi connectivity index (χ4v) is 2.84. The van der Waals surface area contributed by atoms with Crippen LogP contribution >= 0.6 is 0 Å². The zero-order valence-electron chi connectivity index (χ0n) is 13.8. The fourth-order valence-electron chi connectivity index (χ4n) is 2.84. The van der Waals surface area contributed by atoms with Gasteiger partial charge in [0.25, 0.3) is 0 Å². The molecule has 118 valence electrons. The van der Waals surface area contributed by atoms with Crippen LogP contribution in [0.2, 0.25) is 0 Å². The van der Waals surface area contributed by atoms with E-state index in [0.717, 1.165) is 30.9 Å². The summed E-state index contributed by atoms with van der Waals surface area (Å²) < 4.78 is 6.06. The molecular weight excluding hydrogens is 260 g/mol. The molecule has 1 heterocycles. The second-order valence-corrected chi connectivity index (χ2v) is 6.97. The summed E-state index contributed by atoms with van der Waals surface area (Å²) in [5.74, 6) is 0. The topological polar surface area (TPSA) is 34.1 Å². The molecule has 0 bridgehead atoms. The maximum Gasteiger partial charge on any atom is 0.0891 e. The molecule has 1 aliphatic rings. The standard InChI is InChI=1S/C18H30N2O/c1-4-12-19-13-15-6-5-7-16(20-15)14-21-17-8-10-18(2,3)11-9-17/h5-7,17,19H,4,8-14H2,1-3H3. The maximum atomic E-state index is 6.06. The van der Waals surface area contributed by atoms with Gasteiger partial charge in [0.05, 0.1) is 24.1 Å². The normalized spacial score (nSPS) is 18.8. The minimum Gasteiger partial charge on any atom is -0.372 e. The van der Waals surface area contributed by atoms with E-state index in [0.29, 0.717) is 18.1 Å². The van der Waals surface area contributed by atoms with E-state index in [2.05, 4.69) is 49.3 Å². The third-order valence-corrected chi connectivity index (χ3v) is 4.35. The SMILES string of the molecule is CCCNCc1cccc(COC2CCC(C)(C)CC2)n1. The van der Waals surface area contributed by atoms with Crippen LogP contribution in [0.25, 0.3) is 0 Å². The van der Waals surface area contributed by atoms with E-state index in [1.54, 1.807) is 0 Å². The van der Waals surface area contributed by atoms with Gasteiger partial charge in [-0.3, -0.25) is 4.98 Å². The molecule has 0 saturated heterocycles. The van der Waals surface area contributed by atoms with Crippen LogP contribution in [0, 0.1) is 5.41 Å². The Bertz CT molecular complexity index is 421. The second kappa shape index (κ2) is 7.90. The zero-order chi connectivity index (χ0) is 15.1. The minimum absolute atomic E-state index is 0.418. The van der Waals surface area contributed by atoms with Crippen LogP contribution < -0.4 is 5.32 Å². The molecule has 1 aromatic rings. The summed E-state index contributed by atoms with van der Waals surface area (Å²) in [6.07, 6.45) is 6.48. The first-order valence-corrected chi connectivity index (χ1v) is 8.36. The Hall–Kier alpha value is -0.930. The van der Waals surface area contributed by atoms with Gasteiger partial charge in [-0.1, -0.05) is 26.8 Å². The number of rotatable bonds is 7. The van der Waals surface area contributed by atoms with Gasteiger partial charge in [-0.15, -0.1) is 0 Å². The van der Waals surface area contributed by atoms with Crippen molar-refractivity contribution >= 4 is 0 Å². The van der Waals surface area contributed by atoms with E-state index in [1.807, 2.05) is 0 Å². The first kappa shape index (κ1) is 16.4. The molecule has 1 fully saturated rings. The molecule has 3 heteroatoms. The first-order valence-electron chi connectivity index (χ1n) is 8.36. The van der Waals surface area contributed by atoms with Gasteiger partial charge in [0, 0.05) is 6.54 Å². The summed E-state index contributed by atoms with van der Waals surface area (Å²) in [7, 11) is 0. The van der Waals surface area contributed by atoms with Crippen LogP contribution in [-0.2, 0) is 17.9 Å². The molecule has 1 aromatic heterocycles. The highest BCUT2D eigenvalue weighted by molar-refractivity contribution is 5.10. The van der Waals surface area contributed by atoms with Crippen LogP contribution in [-0.4, -0.2) is 17.6 Å². The van der Waals surface area contributed by atoms with Gasteiger partial charge in [-0.2, -0.15) is 0 Å². The Morgan fingerprint density at radius 2 is 1.95 bits per heavy atom. The average molecular weight is 290 g/mol. The molecule has 3 nitrogen and oxygen atoms in total. The Morgan fingerprint density at radius 1 is 1.24 bits per heavy atom. The van der Waals surface area contributed by atoms with Crippen molar-refractivity contribution in [3.8, 4) is 0 Å². The number of hydrogen-bond donors (Lipinski definition) is 1. The second-order valence-electron chi connectivity index (χ2n) is 6.97. The van der Waals surface area contributed by atoms with Crippen molar-refractivity contribution in [3.63, 3.8) is 0 Å². The third kappa shape index (κ3) is 5.76. The molecule has 2 rings (SSSR count). The van der Waals surface area contributed by atoms with Crippen LogP contribution in [0.5, 0.6) is 0 Å². The van der Waals surface area contributed by atoms with Gasteiger partial charge in [0.15, 0.2) is 0 Å². The van der Waals surface area contributed by atoms with Crippen molar-refractivity contribution < 1.29 is 4.74 Å². The summed E-state index contributed by atoms with van der Waals surface area (Å²) in [4.78, 5) is 4.67. The van der Waals surface area contributed by atoms with E-state index < -0.39 is 0 Å². The van der Waals surface area contributed by atoms with Gasteiger partial charge in [0.2, 0.25) is 0 Å². The number of nitrogens with one attached hydrogen (secondary N) is 1. The predicted molar refractivity (Wildman–Crippen MR) is 87.1 cm³/mol. The molecule has 0 atom stereocenters. The van der Waals surface area contributed by atoms with E-state index in [4.69, 9.17) is 4.74 Å². The van der Waals surface area contributed by atoms with Crippen LogP contribution in [0.3, 0.4) is 0 Å². The lowest BCUT2D eigenvalue weighted by Gasteiger charge is -2.34. The highest BCUT2D eigenvalue weighted by atomic mass is 16.5. The molecule has 21 heavy (non-hydrogen) atoms. The Kier molecular flexibility index (Phi) is 6.19. The zero-order valence-corrected chi connectivity index (χ0v) is 13.8. The number of nitrogens with zero attached hydrogens (tertiary/aromatic N) is 1. The fraction of sp³-hybridized carbons (Fsp3) is 0.722. The van der Waals surface area contributed by atoms with E-state index >= 15 is 0 Å². The number of hydrogen-bond acceptors (Lipinski definition) is 3. The number of ether oxygens (including phenoxy) is 1. The van der Waals surface area contributed by atoms with Gasteiger partial charge in [-0.25, -0.2) is 0 Å². The van der Waals surface area contributed by atoms with Gasteiger partial charge >= 0.3 is 0 Å². The number of pyridine rings is 1. The van der Waals surface area contributed by atoms with E-state index in [1.165, 1.54) is 25.7 Å². The largest absolute Gasteiger partial charge is 0.372 e.